The molecule has 0 unspecified atom stereocenters. The standard InChI is InChI=1S/C13H15NO5/c1-3-4-13(16)19-14-10-7-9(17-2)5-6-11(10)18-8-12(14)15/h5-7H,3-4,8H2,1-2H3. The van der Waals surface area contributed by atoms with E-state index in [1.807, 2.05) is 6.92 Å². The van der Waals surface area contributed by atoms with E-state index >= 15 is 0 Å². The van der Waals surface area contributed by atoms with Crippen LogP contribution in [0.2, 0.25) is 0 Å². The fourth-order valence-electron chi connectivity index (χ4n) is 1.69. The number of methoxy groups -OCH3 is 1. The second-order valence-electron chi connectivity index (χ2n) is 4.02. The molecule has 6 nitrogen and oxygen atoms in total. The lowest BCUT2D eigenvalue weighted by molar-refractivity contribution is -0.151. The lowest BCUT2D eigenvalue weighted by Gasteiger charge is -2.27. The molecule has 0 N–H and O–H groups in total. The van der Waals surface area contributed by atoms with Crippen LogP contribution in [0.3, 0.4) is 0 Å². The zero-order valence-corrected chi connectivity index (χ0v) is 10.8. The van der Waals surface area contributed by atoms with Gasteiger partial charge in [0.15, 0.2) is 6.61 Å². The molecule has 0 atom stereocenters. The van der Waals surface area contributed by atoms with Gasteiger partial charge in [0, 0.05) is 12.5 Å². The number of ether oxygens (including phenoxy) is 2. The number of fused-ring (bicyclic) bond motifs is 1. The highest BCUT2D eigenvalue weighted by Crippen LogP contribution is 2.35. The molecule has 0 fully saturated rings. The number of carbonyl (C=O) groups is 2. The Morgan fingerprint density at radius 1 is 1.47 bits per heavy atom. The van der Waals surface area contributed by atoms with E-state index < -0.39 is 11.9 Å². The second kappa shape index (κ2) is 5.60. The van der Waals surface area contributed by atoms with Crippen molar-refractivity contribution in [3.05, 3.63) is 18.2 Å². The molecule has 0 aromatic heterocycles. The molecule has 1 amide bonds. The summed E-state index contributed by atoms with van der Waals surface area (Å²) >= 11 is 0. The Morgan fingerprint density at radius 2 is 2.26 bits per heavy atom. The smallest absolute Gasteiger partial charge is 0.333 e. The molecule has 1 aliphatic rings. The summed E-state index contributed by atoms with van der Waals surface area (Å²) in [5.74, 6) is 0.148. The molecule has 0 aliphatic carbocycles. The average Bonchev–Trinajstić information content (AvgIpc) is 2.42. The third-order valence-electron chi connectivity index (χ3n) is 2.61. The maximum Gasteiger partial charge on any atom is 0.333 e. The van der Waals surface area contributed by atoms with Gasteiger partial charge in [-0.15, -0.1) is 5.06 Å². The van der Waals surface area contributed by atoms with Gasteiger partial charge in [0.25, 0.3) is 5.91 Å². The Balaban J connectivity index is 2.28. The highest BCUT2D eigenvalue weighted by Gasteiger charge is 2.29. The molecular formula is C13H15NO5. The van der Waals surface area contributed by atoms with Gasteiger partial charge in [0.05, 0.1) is 7.11 Å². The van der Waals surface area contributed by atoms with Crippen LogP contribution >= 0.6 is 0 Å². The summed E-state index contributed by atoms with van der Waals surface area (Å²) in [6.45, 7) is 1.71. The molecule has 1 heterocycles. The predicted octanol–water partition coefficient (Wildman–Crippen LogP) is 1.68. The van der Waals surface area contributed by atoms with Crippen molar-refractivity contribution in [3.63, 3.8) is 0 Å². The maximum absolute atomic E-state index is 11.8. The minimum atomic E-state index is -0.452. The molecule has 19 heavy (non-hydrogen) atoms. The monoisotopic (exact) mass is 265 g/mol. The largest absolute Gasteiger partial charge is 0.497 e. The van der Waals surface area contributed by atoms with Gasteiger partial charge in [-0.3, -0.25) is 4.79 Å². The molecule has 1 aromatic rings. The van der Waals surface area contributed by atoms with Crippen LogP contribution in [0.25, 0.3) is 0 Å². The summed E-state index contributed by atoms with van der Waals surface area (Å²) in [5.41, 5.74) is 0.375. The number of hydrogen-bond donors (Lipinski definition) is 0. The van der Waals surface area contributed by atoms with Crippen molar-refractivity contribution in [2.24, 2.45) is 0 Å². The molecule has 0 saturated heterocycles. The van der Waals surface area contributed by atoms with Crippen molar-refractivity contribution < 1.29 is 23.9 Å². The lowest BCUT2D eigenvalue weighted by Crippen LogP contribution is -2.40. The van der Waals surface area contributed by atoms with E-state index in [1.165, 1.54) is 7.11 Å². The number of carbonyl (C=O) groups excluding carboxylic acids is 2. The molecule has 0 bridgehead atoms. The minimum Gasteiger partial charge on any atom is -0.497 e. The zero-order chi connectivity index (χ0) is 13.8. The van der Waals surface area contributed by atoms with Crippen LogP contribution in [-0.4, -0.2) is 25.6 Å². The topological polar surface area (TPSA) is 65.1 Å². The fourth-order valence-corrected chi connectivity index (χ4v) is 1.69. The second-order valence-corrected chi connectivity index (χ2v) is 4.02. The van der Waals surface area contributed by atoms with E-state index in [4.69, 9.17) is 14.3 Å². The van der Waals surface area contributed by atoms with Gasteiger partial charge in [-0.25, -0.2) is 4.79 Å². The first kappa shape index (κ1) is 13.2. The zero-order valence-electron chi connectivity index (χ0n) is 10.8. The van der Waals surface area contributed by atoms with Crippen LogP contribution in [0.1, 0.15) is 19.8 Å². The third kappa shape index (κ3) is 2.78. The van der Waals surface area contributed by atoms with Crippen molar-refractivity contribution in [2.45, 2.75) is 19.8 Å². The molecule has 0 spiro atoms. The SMILES string of the molecule is CCCC(=O)ON1C(=O)COc2ccc(OC)cc21. The van der Waals surface area contributed by atoms with Crippen LogP contribution in [0, 0.1) is 0 Å². The molecule has 0 saturated carbocycles. The highest BCUT2D eigenvalue weighted by atomic mass is 16.7. The fraction of sp³-hybridized carbons (Fsp3) is 0.385. The van der Waals surface area contributed by atoms with Crippen molar-refractivity contribution in [3.8, 4) is 11.5 Å². The molecule has 6 heteroatoms. The Labute approximate surface area is 110 Å². The van der Waals surface area contributed by atoms with Crippen LogP contribution < -0.4 is 14.5 Å². The van der Waals surface area contributed by atoms with Gasteiger partial charge in [-0.2, -0.15) is 0 Å². The van der Waals surface area contributed by atoms with Crippen LogP contribution in [0.15, 0.2) is 18.2 Å². The number of nitrogens with zero attached hydrogens (tertiary/aromatic N) is 1. The quantitative estimate of drug-likeness (QED) is 0.828. The molecule has 102 valence electrons. The van der Waals surface area contributed by atoms with Crippen LogP contribution in [-0.2, 0) is 14.4 Å². The van der Waals surface area contributed by atoms with E-state index in [9.17, 15) is 9.59 Å². The minimum absolute atomic E-state index is 0.154. The first-order valence-electron chi connectivity index (χ1n) is 6.00. The average molecular weight is 265 g/mol. The first-order chi connectivity index (χ1) is 9.15. The van der Waals surface area contributed by atoms with E-state index in [-0.39, 0.29) is 13.0 Å². The summed E-state index contributed by atoms with van der Waals surface area (Å²) in [5, 5.41) is 0.972. The number of benzene rings is 1. The molecular weight excluding hydrogens is 250 g/mol. The van der Waals surface area contributed by atoms with Gasteiger partial charge in [0.1, 0.15) is 17.2 Å². The molecule has 1 aliphatic heterocycles. The van der Waals surface area contributed by atoms with Crippen LogP contribution in [0.5, 0.6) is 11.5 Å². The van der Waals surface area contributed by atoms with Gasteiger partial charge in [-0.05, 0) is 18.6 Å². The Bertz CT molecular complexity index is 500. The maximum atomic E-state index is 11.8. The van der Waals surface area contributed by atoms with Crippen LogP contribution in [0.4, 0.5) is 5.69 Å². The van der Waals surface area contributed by atoms with Gasteiger partial charge >= 0.3 is 5.97 Å². The van der Waals surface area contributed by atoms with Gasteiger partial charge in [-0.1, -0.05) is 6.92 Å². The first-order valence-corrected chi connectivity index (χ1v) is 6.00. The van der Waals surface area contributed by atoms with Crippen molar-refractivity contribution >= 4 is 17.6 Å². The Hall–Kier alpha value is -2.24. The number of amides is 1. The predicted molar refractivity (Wildman–Crippen MR) is 67.0 cm³/mol. The summed E-state index contributed by atoms with van der Waals surface area (Å²) in [4.78, 5) is 28.4. The molecule has 2 rings (SSSR count). The summed E-state index contributed by atoms with van der Waals surface area (Å²) < 4.78 is 10.4. The van der Waals surface area contributed by atoms with E-state index in [2.05, 4.69) is 0 Å². The third-order valence-corrected chi connectivity index (χ3v) is 2.61. The molecule has 1 aromatic carbocycles. The Morgan fingerprint density at radius 3 is 2.95 bits per heavy atom. The normalized spacial score (nSPS) is 13.6. The van der Waals surface area contributed by atoms with E-state index in [0.717, 1.165) is 5.06 Å². The number of anilines is 1. The molecule has 0 radical (unpaired) electrons. The summed E-state index contributed by atoms with van der Waals surface area (Å²) in [6.07, 6.45) is 0.909. The lowest BCUT2D eigenvalue weighted by atomic mass is 10.2. The van der Waals surface area contributed by atoms with Crippen molar-refractivity contribution in [1.29, 1.82) is 0 Å². The highest BCUT2D eigenvalue weighted by molar-refractivity contribution is 5.97. The number of hydrogen-bond acceptors (Lipinski definition) is 5. The van der Waals surface area contributed by atoms with Gasteiger partial charge < -0.3 is 14.3 Å². The Kier molecular flexibility index (Phi) is 3.89. The van der Waals surface area contributed by atoms with Crippen molar-refractivity contribution in [2.75, 3.05) is 18.8 Å². The summed E-state index contributed by atoms with van der Waals surface area (Å²) in [7, 11) is 1.51. The number of hydroxylamine groups is 1. The van der Waals surface area contributed by atoms with E-state index in [0.29, 0.717) is 23.6 Å². The van der Waals surface area contributed by atoms with Crippen molar-refractivity contribution in [1.82, 2.24) is 0 Å². The summed E-state index contributed by atoms with van der Waals surface area (Å²) in [6, 6.07) is 4.97. The van der Waals surface area contributed by atoms with Gasteiger partial charge in [0.2, 0.25) is 0 Å². The van der Waals surface area contributed by atoms with E-state index in [1.54, 1.807) is 18.2 Å². The number of rotatable bonds is 4.